The van der Waals surface area contributed by atoms with Crippen molar-refractivity contribution in [2.24, 2.45) is 0 Å². The van der Waals surface area contributed by atoms with Crippen molar-refractivity contribution in [3.63, 3.8) is 0 Å². The van der Waals surface area contributed by atoms with Gasteiger partial charge in [0.2, 0.25) is 5.94 Å². The average Bonchev–Trinajstić information content (AvgIpc) is 2.02. The monoisotopic (exact) mass is 202 g/mol. The van der Waals surface area contributed by atoms with Gasteiger partial charge in [-0.3, -0.25) is 0 Å². The van der Waals surface area contributed by atoms with Crippen LogP contribution in [0.3, 0.4) is 0 Å². The van der Waals surface area contributed by atoms with Crippen molar-refractivity contribution < 1.29 is 13.7 Å². The predicted molar refractivity (Wildman–Crippen MR) is 50.7 cm³/mol. The lowest BCUT2D eigenvalue weighted by Crippen LogP contribution is -2.10. The number of hydrogen-bond acceptors (Lipinski definition) is 2. The van der Waals surface area contributed by atoms with Crippen LogP contribution in [-0.4, -0.2) is 16.7 Å². The van der Waals surface area contributed by atoms with Crippen LogP contribution in [0, 0.1) is 12.7 Å². The Kier molecular flexibility index (Phi) is 3.57. The molecule has 72 valence electrons. The van der Waals surface area contributed by atoms with Crippen LogP contribution in [0.15, 0.2) is 18.2 Å². The average molecular weight is 202 g/mol. The second-order valence-electron chi connectivity index (χ2n) is 2.77. The van der Waals surface area contributed by atoms with Crippen LogP contribution in [0.2, 0.25) is 0 Å². The highest BCUT2D eigenvalue weighted by Gasteiger charge is 2.05. The Morgan fingerprint density at radius 2 is 2.23 bits per heavy atom. The first kappa shape index (κ1) is 10.3. The highest BCUT2D eigenvalue weighted by Crippen LogP contribution is 2.17. The molecule has 1 aromatic carbocycles. The van der Waals surface area contributed by atoms with Gasteiger partial charge in [-0.05, 0) is 35.8 Å². The Labute approximate surface area is 79.9 Å². The first-order valence-corrected chi connectivity index (χ1v) is 5.51. The third-order valence-corrected chi connectivity index (χ3v) is 1.92. The lowest BCUT2D eigenvalue weighted by molar-refractivity contribution is 0.356. The zero-order valence-corrected chi connectivity index (χ0v) is 8.36. The molecule has 0 saturated carbocycles. The van der Waals surface area contributed by atoms with Crippen molar-refractivity contribution in [1.29, 1.82) is 0 Å². The van der Waals surface area contributed by atoms with E-state index in [1.807, 2.05) is 0 Å². The first-order chi connectivity index (χ1) is 6.09. The fourth-order valence-electron chi connectivity index (χ4n) is 0.869. The molecule has 2 nitrogen and oxygen atoms in total. The molecule has 0 fully saturated rings. The molecule has 0 aromatic heterocycles. The molecule has 13 heavy (non-hydrogen) atoms. The van der Waals surface area contributed by atoms with Crippen molar-refractivity contribution in [3.8, 4) is 5.75 Å². The fraction of sp³-hybridized carbons (Fsp3) is 0.333. The molecule has 0 saturated heterocycles. The molecule has 4 heteroatoms. The van der Waals surface area contributed by atoms with Crippen LogP contribution >= 0.6 is 0 Å². The van der Waals surface area contributed by atoms with Crippen molar-refractivity contribution in [3.05, 3.63) is 29.6 Å². The van der Waals surface area contributed by atoms with Crippen LogP contribution < -0.4 is 4.74 Å². The summed E-state index contributed by atoms with van der Waals surface area (Å²) in [6, 6.07) is 4.67. The summed E-state index contributed by atoms with van der Waals surface area (Å²) >= 11 is -1.07. The van der Waals surface area contributed by atoms with Crippen molar-refractivity contribution in [1.82, 2.24) is 0 Å². The van der Waals surface area contributed by atoms with Crippen molar-refractivity contribution in [2.45, 2.75) is 6.92 Å². The van der Waals surface area contributed by atoms with Gasteiger partial charge in [-0.1, -0.05) is 6.07 Å². The Hall–Kier alpha value is -0.740. The first-order valence-electron chi connectivity index (χ1n) is 3.78. The van der Waals surface area contributed by atoms with Gasteiger partial charge in [0.25, 0.3) is 0 Å². The Balaban J connectivity index is 2.67. The molecule has 1 rings (SSSR count). The van der Waals surface area contributed by atoms with Gasteiger partial charge >= 0.3 is 0 Å². The smallest absolute Gasteiger partial charge is 0.244 e. The van der Waals surface area contributed by atoms with Gasteiger partial charge in [-0.25, -0.2) is 4.39 Å². The van der Waals surface area contributed by atoms with Crippen LogP contribution in [0.25, 0.3) is 0 Å². The lowest BCUT2D eigenvalue weighted by atomic mass is 10.2. The molecule has 1 aromatic rings. The second kappa shape index (κ2) is 4.48. The molecule has 1 atom stereocenters. The molecule has 0 radical (unpaired) electrons. The van der Waals surface area contributed by atoms with Crippen LogP contribution in [-0.2, 0) is 11.2 Å². The second-order valence-corrected chi connectivity index (χ2v) is 4.15. The van der Waals surface area contributed by atoms with E-state index in [9.17, 15) is 8.94 Å². The lowest BCUT2D eigenvalue weighted by Gasteiger charge is -2.08. The summed E-state index contributed by atoms with van der Waals surface area (Å²) < 4.78 is 28.7. The number of ether oxygens (including phenoxy) is 1. The highest BCUT2D eigenvalue weighted by atomic mass is 32.2. The summed E-state index contributed by atoms with van der Waals surface area (Å²) in [5.41, 5.74) is 0.836. The fourth-order valence-corrected chi connectivity index (χ4v) is 1.16. The third-order valence-electron chi connectivity index (χ3n) is 1.47. The highest BCUT2D eigenvalue weighted by molar-refractivity contribution is 7.90. The van der Waals surface area contributed by atoms with Crippen molar-refractivity contribution >= 4 is 11.2 Å². The van der Waals surface area contributed by atoms with Gasteiger partial charge in [-0.15, -0.1) is 0 Å². The van der Waals surface area contributed by atoms with Gasteiger partial charge in [0.15, 0.2) is 11.6 Å². The summed E-state index contributed by atoms with van der Waals surface area (Å²) in [7, 11) is 0. The van der Waals surface area contributed by atoms with E-state index in [0.29, 0.717) is 0 Å². The van der Waals surface area contributed by atoms with E-state index in [1.165, 1.54) is 18.4 Å². The summed E-state index contributed by atoms with van der Waals surface area (Å²) in [4.78, 5) is 0. The van der Waals surface area contributed by atoms with Crippen LogP contribution in [0.5, 0.6) is 5.75 Å². The molecular formula is C9H11FO2S. The van der Waals surface area contributed by atoms with Gasteiger partial charge in [0.05, 0.1) is 6.26 Å². The molecule has 0 spiro atoms. The van der Waals surface area contributed by atoms with E-state index in [-0.39, 0.29) is 11.7 Å². The number of hydrogen-bond donors (Lipinski definition) is 0. The Bertz CT molecular complexity index is 289. The molecule has 0 amide bonds. The number of halogens is 1. The molecule has 0 aliphatic rings. The van der Waals surface area contributed by atoms with E-state index < -0.39 is 17.0 Å². The van der Waals surface area contributed by atoms with Gasteiger partial charge in [0.1, 0.15) is 0 Å². The zero-order chi connectivity index (χ0) is 9.84. The van der Waals surface area contributed by atoms with Crippen LogP contribution in [0.1, 0.15) is 5.56 Å². The predicted octanol–water partition coefficient (Wildman–Crippen LogP) is 1.85. The molecular weight excluding hydrogens is 191 g/mol. The summed E-state index contributed by atoms with van der Waals surface area (Å²) in [5, 5.41) is 0. The summed E-state index contributed by atoms with van der Waals surface area (Å²) in [5.74, 6) is -0.230. The molecule has 0 N–H and O–H groups in total. The number of rotatable bonds is 3. The molecule has 0 aliphatic heterocycles. The summed E-state index contributed by atoms with van der Waals surface area (Å²) in [6.07, 6.45) is 1.51. The maximum atomic E-state index is 13.1. The maximum absolute atomic E-state index is 13.1. The standard InChI is InChI=1S/C9H11FO2S/c1-7-3-4-9(8(10)5-7)12-6-13(2)11/h3-5H,6H2,1-2H3. The van der Waals surface area contributed by atoms with Gasteiger partial charge in [0, 0.05) is 0 Å². The van der Waals surface area contributed by atoms with Gasteiger partial charge < -0.3 is 9.29 Å². The number of benzene rings is 1. The minimum absolute atomic E-state index is 0.0278. The van der Waals surface area contributed by atoms with Crippen LogP contribution in [0.4, 0.5) is 4.39 Å². The Morgan fingerprint density at radius 3 is 2.77 bits per heavy atom. The van der Waals surface area contributed by atoms with Gasteiger partial charge in [-0.2, -0.15) is 0 Å². The van der Waals surface area contributed by atoms with Crippen molar-refractivity contribution in [2.75, 3.05) is 12.2 Å². The van der Waals surface area contributed by atoms with E-state index in [2.05, 4.69) is 0 Å². The SMILES string of the molecule is Cc1ccc(OC[S+](C)[O-])c(F)c1. The Morgan fingerprint density at radius 1 is 1.54 bits per heavy atom. The molecule has 0 heterocycles. The normalized spacial score (nSPS) is 12.6. The quantitative estimate of drug-likeness (QED) is 0.701. The largest absolute Gasteiger partial charge is 0.614 e. The van der Waals surface area contributed by atoms with E-state index in [4.69, 9.17) is 4.74 Å². The topological polar surface area (TPSA) is 32.3 Å². The minimum Gasteiger partial charge on any atom is -0.614 e. The van der Waals surface area contributed by atoms with E-state index in [1.54, 1.807) is 13.0 Å². The zero-order valence-electron chi connectivity index (χ0n) is 7.54. The molecule has 0 aliphatic carbocycles. The number of aryl methyl sites for hydroxylation is 1. The third kappa shape index (κ3) is 3.24. The maximum Gasteiger partial charge on any atom is 0.244 e. The molecule has 0 bridgehead atoms. The molecule has 1 unspecified atom stereocenters. The minimum atomic E-state index is -1.07. The summed E-state index contributed by atoms with van der Waals surface area (Å²) in [6.45, 7) is 1.80. The van der Waals surface area contributed by atoms with E-state index in [0.717, 1.165) is 5.56 Å². The van der Waals surface area contributed by atoms with E-state index >= 15 is 0 Å².